The number of hydrogen-bond acceptors (Lipinski definition) is 5. The molecule has 0 aliphatic heterocycles. The van der Waals surface area contributed by atoms with E-state index >= 15 is 0 Å². The van der Waals surface area contributed by atoms with E-state index in [0.717, 1.165) is 17.4 Å². The molecule has 0 atom stereocenters. The Bertz CT molecular complexity index is 672. The highest BCUT2D eigenvalue weighted by Gasteiger charge is 2.33. The van der Waals surface area contributed by atoms with Gasteiger partial charge in [0, 0.05) is 26.7 Å². The second-order valence-electron chi connectivity index (χ2n) is 5.35. The van der Waals surface area contributed by atoms with Crippen molar-refractivity contribution in [3.8, 4) is 5.75 Å². The van der Waals surface area contributed by atoms with E-state index in [2.05, 4.69) is 15.3 Å². The van der Waals surface area contributed by atoms with Gasteiger partial charge in [-0.3, -0.25) is 0 Å². The minimum Gasteiger partial charge on any atom is -0.497 e. The van der Waals surface area contributed by atoms with E-state index in [4.69, 9.17) is 4.74 Å². The van der Waals surface area contributed by atoms with Crippen LogP contribution in [0.2, 0.25) is 0 Å². The number of halogens is 3. The van der Waals surface area contributed by atoms with Gasteiger partial charge in [0.15, 0.2) is 5.69 Å². The van der Waals surface area contributed by atoms with Crippen molar-refractivity contribution < 1.29 is 17.9 Å². The van der Waals surface area contributed by atoms with Gasteiger partial charge in [0.2, 0.25) is 5.95 Å². The van der Waals surface area contributed by atoms with Crippen molar-refractivity contribution in [3.05, 3.63) is 41.6 Å². The Morgan fingerprint density at radius 1 is 1.12 bits per heavy atom. The Balaban J connectivity index is 2.06. The summed E-state index contributed by atoms with van der Waals surface area (Å²) in [7, 11) is 4.84. The zero-order valence-electron chi connectivity index (χ0n) is 13.7. The van der Waals surface area contributed by atoms with Crippen molar-refractivity contribution in [3.63, 3.8) is 0 Å². The second kappa shape index (κ2) is 7.37. The van der Waals surface area contributed by atoms with Crippen molar-refractivity contribution in [1.29, 1.82) is 0 Å². The standard InChI is InChI=1S/C16H19F3N4O/c1-23(2)14-10-13(16(17,18)19)21-15(22-14)20-9-8-11-4-6-12(24-3)7-5-11/h4-7,10H,8-9H2,1-3H3,(H,20,21,22). The molecule has 1 heterocycles. The topological polar surface area (TPSA) is 50.3 Å². The lowest BCUT2D eigenvalue weighted by Crippen LogP contribution is -2.18. The fourth-order valence-corrected chi connectivity index (χ4v) is 2.00. The van der Waals surface area contributed by atoms with E-state index in [0.29, 0.717) is 13.0 Å². The highest BCUT2D eigenvalue weighted by atomic mass is 19.4. The molecule has 8 heteroatoms. The van der Waals surface area contributed by atoms with Gasteiger partial charge in [0.25, 0.3) is 0 Å². The van der Waals surface area contributed by atoms with E-state index in [9.17, 15) is 13.2 Å². The van der Waals surface area contributed by atoms with Crippen molar-refractivity contribution in [2.45, 2.75) is 12.6 Å². The van der Waals surface area contributed by atoms with Crippen molar-refractivity contribution in [1.82, 2.24) is 9.97 Å². The van der Waals surface area contributed by atoms with Crippen molar-refractivity contribution in [2.24, 2.45) is 0 Å². The van der Waals surface area contributed by atoms with Gasteiger partial charge in [-0.05, 0) is 24.1 Å². The van der Waals surface area contributed by atoms with Crippen LogP contribution in [0.4, 0.5) is 24.9 Å². The highest BCUT2D eigenvalue weighted by molar-refractivity contribution is 5.44. The maximum absolute atomic E-state index is 12.9. The Morgan fingerprint density at radius 3 is 2.33 bits per heavy atom. The molecular formula is C16H19F3N4O. The molecule has 2 aromatic rings. The van der Waals surface area contributed by atoms with Crippen LogP contribution in [-0.2, 0) is 12.6 Å². The van der Waals surface area contributed by atoms with Crippen LogP contribution < -0.4 is 15.0 Å². The summed E-state index contributed by atoms with van der Waals surface area (Å²) < 4.78 is 43.8. The summed E-state index contributed by atoms with van der Waals surface area (Å²) in [6, 6.07) is 8.40. The summed E-state index contributed by atoms with van der Waals surface area (Å²) in [4.78, 5) is 9.15. The summed E-state index contributed by atoms with van der Waals surface area (Å²) >= 11 is 0. The lowest BCUT2D eigenvalue weighted by Gasteiger charge is -2.16. The first kappa shape index (κ1) is 17.8. The fourth-order valence-electron chi connectivity index (χ4n) is 2.00. The molecule has 0 spiro atoms. The highest BCUT2D eigenvalue weighted by Crippen LogP contribution is 2.30. The SMILES string of the molecule is COc1ccc(CCNc2nc(N(C)C)cc(C(F)(F)F)n2)cc1. The van der Waals surface area contributed by atoms with E-state index in [-0.39, 0.29) is 11.8 Å². The first-order valence-corrected chi connectivity index (χ1v) is 7.30. The van der Waals surface area contributed by atoms with Crippen LogP contribution in [0.5, 0.6) is 5.75 Å². The number of nitrogens with zero attached hydrogens (tertiary/aromatic N) is 3. The number of anilines is 2. The number of benzene rings is 1. The minimum absolute atomic E-state index is 0.0398. The predicted molar refractivity (Wildman–Crippen MR) is 86.5 cm³/mol. The smallest absolute Gasteiger partial charge is 0.433 e. The van der Waals surface area contributed by atoms with Crippen molar-refractivity contribution >= 4 is 11.8 Å². The van der Waals surface area contributed by atoms with Crippen LogP contribution in [0.1, 0.15) is 11.3 Å². The van der Waals surface area contributed by atoms with Gasteiger partial charge in [-0.15, -0.1) is 0 Å². The molecule has 0 unspecified atom stereocenters. The lowest BCUT2D eigenvalue weighted by molar-refractivity contribution is -0.141. The van der Waals surface area contributed by atoms with Crippen LogP contribution in [-0.4, -0.2) is 37.7 Å². The van der Waals surface area contributed by atoms with E-state index in [1.54, 1.807) is 21.2 Å². The van der Waals surface area contributed by atoms with E-state index in [1.165, 1.54) is 4.90 Å². The largest absolute Gasteiger partial charge is 0.497 e. The van der Waals surface area contributed by atoms with Gasteiger partial charge in [-0.25, -0.2) is 4.98 Å². The summed E-state index contributed by atoms with van der Waals surface area (Å²) in [5.41, 5.74) is 0.0660. The molecule has 0 bridgehead atoms. The zero-order valence-corrected chi connectivity index (χ0v) is 13.7. The molecule has 0 aliphatic rings. The molecule has 24 heavy (non-hydrogen) atoms. The molecule has 5 nitrogen and oxygen atoms in total. The first-order chi connectivity index (χ1) is 11.3. The maximum atomic E-state index is 12.9. The number of methoxy groups -OCH3 is 1. The number of rotatable bonds is 6. The number of alkyl halides is 3. The molecule has 0 amide bonds. The predicted octanol–water partition coefficient (Wildman–Crippen LogP) is 3.22. The van der Waals surface area contributed by atoms with Gasteiger partial charge in [0.05, 0.1) is 7.11 Å². The van der Waals surface area contributed by atoms with Gasteiger partial charge in [-0.2, -0.15) is 18.2 Å². The summed E-state index contributed by atoms with van der Waals surface area (Å²) in [5.74, 6) is 0.912. The molecule has 1 N–H and O–H groups in total. The minimum atomic E-state index is -4.51. The Hall–Kier alpha value is -2.51. The maximum Gasteiger partial charge on any atom is 0.433 e. The van der Waals surface area contributed by atoms with Gasteiger partial charge >= 0.3 is 6.18 Å². The summed E-state index contributed by atoms with van der Waals surface area (Å²) in [6.07, 6.45) is -3.89. The first-order valence-electron chi connectivity index (χ1n) is 7.30. The molecule has 1 aromatic heterocycles. The lowest BCUT2D eigenvalue weighted by atomic mass is 10.1. The average Bonchev–Trinajstić information content (AvgIpc) is 2.54. The third-order valence-corrected chi connectivity index (χ3v) is 3.32. The van der Waals surface area contributed by atoms with Gasteiger partial charge < -0.3 is 15.0 Å². The van der Waals surface area contributed by atoms with Gasteiger partial charge in [0.1, 0.15) is 11.6 Å². The Labute approximate surface area is 138 Å². The molecule has 0 saturated carbocycles. The molecule has 1 aromatic carbocycles. The summed E-state index contributed by atoms with van der Waals surface area (Å²) in [5, 5.41) is 2.85. The molecule has 2 rings (SSSR count). The third kappa shape index (κ3) is 4.74. The number of ether oxygens (including phenoxy) is 1. The number of nitrogens with one attached hydrogen (secondary N) is 1. The van der Waals surface area contributed by atoms with Gasteiger partial charge in [-0.1, -0.05) is 12.1 Å². The van der Waals surface area contributed by atoms with Crippen LogP contribution in [0, 0.1) is 0 Å². The van der Waals surface area contributed by atoms with Crippen LogP contribution >= 0.6 is 0 Å². The second-order valence-corrected chi connectivity index (χ2v) is 5.35. The molecule has 0 fully saturated rings. The molecule has 0 saturated heterocycles. The summed E-state index contributed by atoms with van der Waals surface area (Å²) in [6.45, 7) is 0.417. The van der Waals surface area contributed by atoms with Crippen LogP contribution in [0.25, 0.3) is 0 Å². The normalized spacial score (nSPS) is 11.2. The van der Waals surface area contributed by atoms with Crippen LogP contribution in [0.15, 0.2) is 30.3 Å². The number of hydrogen-bond donors (Lipinski definition) is 1. The van der Waals surface area contributed by atoms with Crippen LogP contribution in [0.3, 0.4) is 0 Å². The van der Waals surface area contributed by atoms with E-state index < -0.39 is 11.9 Å². The Kier molecular flexibility index (Phi) is 5.48. The molecule has 0 aliphatic carbocycles. The monoisotopic (exact) mass is 340 g/mol. The average molecular weight is 340 g/mol. The Morgan fingerprint density at radius 2 is 1.79 bits per heavy atom. The fraction of sp³-hybridized carbons (Fsp3) is 0.375. The van der Waals surface area contributed by atoms with Crippen molar-refractivity contribution in [2.75, 3.05) is 38.0 Å². The molecule has 130 valence electrons. The van der Waals surface area contributed by atoms with E-state index in [1.807, 2.05) is 24.3 Å². The molecular weight excluding hydrogens is 321 g/mol. The molecule has 0 radical (unpaired) electrons. The zero-order chi connectivity index (χ0) is 17.7. The number of aromatic nitrogens is 2. The quantitative estimate of drug-likeness (QED) is 0.875. The third-order valence-electron chi connectivity index (χ3n) is 3.32.